The number of hydrogen-bond acceptors (Lipinski definition) is 2. The predicted molar refractivity (Wildman–Crippen MR) is 111 cm³/mol. The Morgan fingerprint density at radius 1 is 1.00 bits per heavy atom. The number of likely N-dealkylation sites (N-methyl/N-ethyl adjacent to an activating group) is 1. The summed E-state index contributed by atoms with van der Waals surface area (Å²) >= 11 is 1.97. The molecule has 3 aromatic rings. The van der Waals surface area contributed by atoms with Crippen molar-refractivity contribution in [3.8, 4) is 0 Å². The molecule has 3 rings (SSSR count). The van der Waals surface area contributed by atoms with E-state index in [4.69, 9.17) is 0 Å². The van der Waals surface area contributed by atoms with Gasteiger partial charge < -0.3 is 9.88 Å². The molecule has 0 saturated carbocycles. The van der Waals surface area contributed by atoms with Crippen LogP contribution < -0.4 is 0 Å². The SMILES string of the molecule is Cc1ccc2[nH]c(CCN(C)C)c(CSc3c(C)cccc3C)c2c1. The number of aromatic nitrogens is 1. The van der Waals surface area contributed by atoms with Crippen LogP contribution in [0.15, 0.2) is 41.3 Å². The number of rotatable bonds is 6. The Kier molecular flexibility index (Phi) is 5.55. The zero-order valence-electron chi connectivity index (χ0n) is 15.9. The fourth-order valence-electron chi connectivity index (χ4n) is 3.30. The predicted octanol–water partition coefficient (Wildman–Crippen LogP) is 5.49. The molecular formula is C22H28N2S. The van der Waals surface area contributed by atoms with E-state index in [0.29, 0.717) is 0 Å². The number of thioether (sulfide) groups is 1. The summed E-state index contributed by atoms with van der Waals surface area (Å²) in [7, 11) is 4.27. The molecule has 0 spiro atoms. The molecule has 0 amide bonds. The van der Waals surface area contributed by atoms with Crippen LogP contribution in [0.2, 0.25) is 0 Å². The Morgan fingerprint density at radius 2 is 1.72 bits per heavy atom. The lowest BCUT2D eigenvalue weighted by atomic mass is 10.1. The molecule has 2 nitrogen and oxygen atoms in total. The van der Waals surface area contributed by atoms with E-state index in [0.717, 1.165) is 18.7 Å². The second kappa shape index (κ2) is 7.67. The fraction of sp³-hybridized carbons (Fsp3) is 0.364. The van der Waals surface area contributed by atoms with Gasteiger partial charge in [0.15, 0.2) is 0 Å². The van der Waals surface area contributed by atoms with E-state index in [1.165, 1.54) is 43.7 Å². The first kappa shape index (κ1) is 18.1. The number of aromatic amines is 1. The van der Waals surface area contributed by atoms with Crippen LogP contribution in [-0.4, -0.2) is 30.5 Å². The zero-order valence-corrected chi connectivity index (χ0v) is 16.8. The molecule has 1 N–H and O–H groups in total. The number of nitrogens with zero attached hydrogens (tertiary/aromatic N) is 1. The minimum atomic E-state index is 1.01. The van der Waals surface area contributed by atoms with Crippen LogP contribution >= 0.6 is 11.8 Å². The third kappa shape index (κ3) is 4.10. The van der Waals surface area contributed by atoms with Gasteiger partial charge in [-0.2, -0.15) is 0 Å². The van der Waals surface area contributed by atoms with Crippen molar-refractivity contribution in [3.63, 3.8) is 0 Å². The molecule has 1 heterocycles. The van der Waals surface area contributed by atoms with Crippen LogP contribution in [0.5, 0.6) is 0 Å². The van der Waals surface area contributed by atoms with Crippen LogP contribution in [0.1, 0.15) is 27.9 Å². The van der Waals surface area contributed by atoms with Gasteiger partial charge in [-0.05, 0) is 63.7 Å². The standard InChI is InChI=1S/C22H28N2S/c1-15-9-10-20-18(13-15)19(21(23-20)11-12-24(4)5)14-25-22-16(2)7-6-8-17(22)3/h6-10,13,23H,11-12,14H2,1-5H3. The number of aryl methyl sites for hydroxylation is 3. The maximum absolute atomic E-state index is 3.67. The summed E-state index contributed by atoms with van der Waals surface area (Å²) in [5.41, 5.74) is 8.17. The molecule has 0 unspecified atom stereocenters. The Morgan fingerprint density at radius 3 is 2.40 bits per heavy atom. The molecule has 0 bridgehead atoms. The summed E-state index contributed by atoms with van der Waals surface area (Å²) in [6.07, 6.45) is 1.06. The van der Waals surface area contributed by atoms with Gasteiger partial charge in [0.05, 0.1) is 0 Å². The van der Waals surface area contributed by atoms with Crippen LogP contribution in [-0.2, 0) is 12.2 Å². The Hall–Kier alpha value is -1.71. The summed E-state index contributed by atoms with van der Waals surface area (Å²) in [6, 6.07) is 13.3. The van der Waals surface area contributed by atoms with Crippen LogP contribution in [0.3, 0.4) is 0 Å². The molecule has 1 aromatic heterocycles. The smallest absolute Gasteiger partial charge is 0.0459 e. The van der Waals surface area contributed by atoms with E-state index in [9.17, 15) is 0 Å². The number of fused-ring (bicyclic) bond motifs is 1. The van der Waals surface area contributed by atoms with E-state index in [2.05, 4.69) is 81.1 Å². The Bertz CT molecular complexity index is 857. The molecule has 3 heteroatoms. The highest BCUT2D eigenvalue weighted by molar-refractivity contribution is 7.98. The van der Waals surface area contributed by atoms with E-state index in [1.54, 1.807) is 0 Å². The number of benzene rings is 2. The first-order chi connectivity index (χ1) is 12.0. The average molecular weight is 353 g/mol. The molecule has 2 aromatic carbocycles. The minimum absolute atomic E-state index is 1.01. The molecule has 0 saturated heterocycles. The van der Waals surface area contributed by atoms with Crippen molar-refractivity contribution in [3.05, 3.63) is 64.3 Å². The van der Waals surface area contributed by atoms with E-state index in [1.807, 2.05) is 11.8 Å². The highest BCUT2D eigenvalue weighted by atomic mass is 32.2. The summed E-state index contributed by atoms with van der Waals surface area (Å²) < 4.78 is 0. The summed E-state index contributed by atoms with van der Waals surface area (Å²) in [5.74, 6) is 1.01. The van der Waals surface area contributed by atoms with Crippen molar-refractivity contribution in [2.45, 2.75) is 37.8 Å². The lowest BCUT2D eigenvalue weighted by molar-refractivity contribution is 0.412. The topological polar surface area (TPSA) is 19.0 Å². The van der Waals surface area contributed by atoms with Crippen LogP contribution in [0.25, 0.3) is 10.9 Å². The third-order valence-corrected chi connectivity index (χ3v) is 6.09. The first-order valence-electron chi connectivity index (χ1n) is 8.89. The maximum atomic E-state index is 3.67. The minimum Gasteiger partial charge on any atom is -0.358 e. The molecule has 0 atom stereocenters. The lowest BCUT2D eigenvalue weighted by Gasteiger charge is -2.12. The highest BCUT2D eigenvalue weighted by Crippen LogP contribution is 2.33. The van der Waals surface area contributed by atoms with Crippen molar-refractivity contribution in [1.82, 2.24) is 9.88 Å². The molecule has 132 valence electrons. The van der Waals surface area contributed by atoms with Gasteiger partial charge in [0.2, 0.25) is 0 Å². The second-order valence-corrected chi connectivity index (χ2v) is 8.18. The Labute approximate surface area is 155 Å². The van der Waals surface area contributed by atoms with Gasteiger partial charge in [0.25, 0.3) is 0 Å². The van der Waals surface area contributed by atoms with Crippen molar-refractivity contribution in [2.24, 2.45) is 0 Å². The summed E-state index contributed by atoms with van der Waals surface area (Å²) in [6.45, 7) is 7.66. The van der Waals surface area contributed by atoms with Gasteiger partial charge in [-0.3, -0.25) is 0 Å². The summed E-state index contributed by atoms with van der Waals surface area (Å²) in [5, 5.41) is 1.38. The Balaban J connectivity index is 1.95. The average Bonchev–Trinajstić information content (AvgIpc) is 2.89. The normalized spacial score (nSPS) is 11.6. The molecule has 0 aliphatic rings. The van der Waals surface area contributed by atoms with Crippen molar-refractivity contribution in [2.75, 3.05) is 20.6 Å². The molecule has 0 fully saturated rings. The van der Waals surface area contributed by atoms with Crippen molar-refractivity contribution >= 4 is 22.7 Å². The number of hydrogen-bond donors (Lipinski definition) is 1. The quantitative estimate of drug-likeness (QED) is 0.592. The highest BCUT2D eigenvalue weighted by Gasteiger charge is 2.13. The number of H-pyrrole nitrogens is 1. The lowest BCUT2D eigenvalue weighted by Crippen LogP contribution is -2.15. The second-order valence-electron chi connectivity index (χ2n) is 7.19. The fourth-order valence-corrected chi connectivity index (χ4v) is 4.51. The van der Waals surface area contributed by atoms with E-state index < -0.39 is 0 Å². The molecular weight excluding hydrogens is 324 g/mol. The van der Waals surface area contributed by atoms with Crippen molar-refractivity contribution < 1.29 is 0 Å². The number of nitrogens with one attached hydrogen (secondary N) is 1. The molecule has 0 aliphatic carbocycles. The monoisotopic (exact) mass is 352 g/mol. The van der Waals surface area contributed by atoms with Crippen LogP contribution in [0.4, 0.5) is 0 Å². The van der Waals surface area contributed by atoms with Gasteiger partial charge in [-0.1, -0.05) is 29.8 Å². The third-order valence-electron chi connectivity index (χ3n) is 4.73. The molecule has 0 radical (unpaired) electrons. The molecule has 25 heavy (non-hydrogen) atoms. The van der Waals surface area contributed by atoms with Crippen molar-refractivity contribution in [1.29, 1.82) is 0 Å². The largest absolute Gasteiger partial charge is 0.358 e. The molecule has 0 aliphatic heterocycles. The van der Waals surface area contributed by atoms with Gasteiger partial charge in [0, 0.05) is 40.2 Å². The van der Waals surface area contributed by atoms with Gasteiger partial charge >= 0.3 is 0 Å². The first-order valence-corrected chi connectivity index (χ1v) is 9.88. The van der Waals surface area contributed by atoms with Gasteiger partial charge in [0.1, 0.15) is 0 Å². The van der Waals surface area contributed by atoms with E-state index in [-0.39, 0.29) is 0 Å². The van der Waals surface area contributed by atoms with Gasteiger partial charge in [-0.25, -0.2) is 0 Å². The van der Waals surface area contributed by atoms with E-state index >= 15 is 0 Å². The maximum Gasteiger partial charge on any atom is 0.0459 e. The summed E-state index contributed by atoms with van der Waals surface area (Å²) in [4.78, 5) is 7.34. The van der Waals surface area contributed by atoms with Gasteiger partial charge in [-0.15, -0.1) is 11.8 Å². The zero-order chi connectivity index (χ0) is 18.0. The van der Waals surface area contributed by atoms with Crippen LogP contribution in [0, 0.1) is 20.8 Å².